The summed E-state index contributed by atoms with van der Waals surface area (Å²) >= 11 is 12.5. The van der Waals surface area contributed by atoms with Crippen LogP contribution in [0.15, 0.2) is 18.2 Å². The lowest BCUT2D eigenvalue weighted by Gasteiger charge is -2.09. The molecule has 14 heavy (non-hydrogen) atoms. The number of hydrogen-bond acceptors (Lipinski definition) is 3. The van der Waals surface area contributed by atoms with E-state index in [0.29, 0.717) is 15.6 Å². The van der Waals surface area contributed by atoms with Gasteiger partial charge in [-0.3, -0.25) is 4.79 Å². The molecule has 0 saturated carbocycles. The Morgan fingerprint density at radius 3 is 2.64 bits per heavy atom. The molecule has 0 heterocycles. The fourth-order valence-corrected chi connectivity index (χ4v) is 1.82. The van der Waals surface area contributed by atoms with E-state index < -0.39 is 6.10 Å². The summed E-state index contributed by atoms with van der Waals surface area (Å²) in [5.41, 5.74) is 0.385. The average Bonchev–Trinajstić information content (AvgIpc) is 2.15. The van der Waals surface area contributed by atoms with Crippen molar-refractivity contribution in [3.8, 4) is 0 Å². The topological polar surface area (TPSA) is 37.3 Å². The number of carbonyl (C=O) groups is 1. The first kappa shape index (κ1) is 11.9. The molecule has 5 heteroatoms. The molecular formula is C9H8Cl2O2S. The summed E-state index contributed by atoms with van der Waals surface area (Å²) in [5, 5.41) is 10.00. The van der Waals surface area contributed by atoms with Crippen LogP contribution in [0.2, 0.25) is 10.0 Å². The molecule has 0 fully saturated rings. The molecule has 1 aromatic carbocycles. The van der Waals surface area contributed by atoms with Gasteiger partial charge in [0, 0.05) is 15.6 Å². The maximum Gasteiger partial charge on any atom is 0.221 e. The molecule has 1 atom stereocenters. The molecule has 0 amide bonds. The Hall–Kier alpha value is -0.220. The maximum absolute atomic E-state index is 11.2. The Morgan fingerprint density at radius 2 is 2.14 bits per heavy atom. The molecule has 0 aliphatic carbocycles. The van der Waals surface area contributed by atoms with Crippen molar-refractivity contribution in [1.82, 2.24) is 0 Å². The van der Waals surface area contributed by atoms with Gasteiger partial charge in [0.15, 0.2) is 0 Å². The molecule has 0 saturated heterocycles. The van der Waals surface area contributed by atoms with Crippen LogP contribution in [0.3, 0.4) is 0 Å². The highest BCUT2D eigenvalue weighted by Gasteiger charge is 2.18. The summed E-state index contributed by atoms with van der Waals surface area (Å²) in [7, 11) is 0. The second-order valence-electron chi connectivity index (χ2n) is 2.59. The molecular weight excluding hydrogens is 243 g/mol. The molecule has 1 rings (SSSR count). The molecule has 0 radical (unpaired) electrons. The minimum absolute atomic E-state index is 0.299. The van der Waals surface area contributed by atoms with Gasteiger partial charge in [0.2, 0.25) is 5.12 Å². The fraction of sp³-hybridized carbons (Fsp3) is 0.222. The summed E-state index contributed by atoms with van der Waals surface area (Å²) in [6, 6.07) is 4.62. The summed E-state index contributed by atoms with van der Waals surface area (Å²) < 4.78 is 0. The van der Waals surface area contributed by atoms with Crippen molar-refractivity contribution in [2.45, 2.75) is 6.10 Å². The predicted octanol–water partition coefficient (Wildman–Crippen LogP) is 2.92. The van der Waals surface area contributed by atoms with Gasteiger partial charge in [-0.2, -0.15) is 0 Å². The van der Waals surface area contributed by atoms with E-state index >= 15 is 0 Å². The number of hydrogen-bond donors (Lipinski definition) is 1. The zero-order valence-electron chi connectivity index (χ0n) is 7.33. The van der Waals surface area contributed by atoms with Gasteiger partial charge in [0.05, 0.1) is 0 Å². The van der Waals surface area contributed by atoms with Gasteiger partial charge < -0.3 is 5.11 Å². The normalized spacial score (nSPS) is 12.6. The van der Waals surface area contributed by atoms with Crippen LogP contribution in [-0.2, 0) is 4.79 Å². The third kappa shape index (κ3) is 2.64. The third-order valence-corrected chi connectivity index (χ3v) is 2.87. The number of thioether (sulfide) groups is 1. The lowest BCUT2D eigenvalue weighted by molar-refractivity contribution is -0.118. The molecule has 76 valence electrons. The van der Waals surface area contributed by atoms with Crippen LogP contribution in [0.25, 0.3) is 0 Å². The maximum atomic E-state index is 11.2. The van der Waals surface area contributed by atoms with Gasteiger partial charge in [-0.05, 0) is 18.4 Å². The number of aliphatic hydroxyl groups is 1. The number of aliphatic hydroxyl groups excluding tert-OH is 1. The predicted molar refractivity (Wildman–Crippen MR) is 59.9 cm³/mol. The Bertz CT molecular complexity index is 355. The largest absolute Gasteiger partial charge is 0.380 e. The lowest BCUT2D eigenvalue weighted by Crippen LogP contribution is -2.07. The van der Waals surface area contributed by atoms with E-state index in [0.717, 1.165) is 11.8 Å². The summed E-state index contributed by atoms with van der Waals surface area (Å²) in [6.07, 6.45) is 0.421. The second kappa shape index (κ2) is 5.03. The number of rotatable bonds is 2. The smallest absolute Gasteiger partial charge is 0.221 e. The van der Waals surface area contributed by atoms with Gasteiger partial charge in [-0.1, -0.05) is 41.0 Å². The number of halogens is 2. The van der Waals surface area contributed by atoms with Crippen LogP contribution in [0.5, 0.6) is 0 Å². The third-order valence-electron chi connectivity index (χ3n) is 1.68. The first-order valence-electron chi connectivity index (χ1n) is 3.77. The monoisotopic (exact) mass is 250 g/mol. The van der Waals surface area contributed by atoms with E-state index in [1.165, 1.54) is 6.07 Å². The molecule has 1 unspecified atom stereocenters. The highest BCUT2D eigenvalue weighted by molar-refractivity contribution is 8.13. The Labute approximate surface area is 96.2 Å². The van der Waals surface area contributed by atoms with Crippen molar-refractivity contribution in [1.29, 1.82) is 0 Å². The summed E-state index contributed by atoms with van der Waals surface area (Å²) in [5.74, 6) is 0. The van der Waals surface area contributed by atoms with Gasteiger partial charge in [-0.25, -0.2) is 0 Å². The lowest BCUT2D eigenvalue weighted by atomic mass is 10.1. The molecule has 0 aromatic heterocycles. The van der Waals surface area contributed by atoms with E-state index in [1.807, 2.05) is 0 Å². The second-order valence-corrected chi connectivity index (χ2v) is 4.25. The quantitative estimate of drug-likeness (QED) is 0.878. The SMILES string of the molecule is CSC(=O)C(O)c1ccc(Cl)cc1Cl. The van der Waals surface area contributed by atoms with Crippen LogP contribution >= 0.6 is 35.0 Å². The Balaban J connectivity index is 3.01. The first-order chi connectivity index (χ1) is 6.56. The molecule has 1 aromatic rings. The van der Waals surface area contributed by atoms with Gasteiger partial charge in [0.25, 0.3) is 0 Å². The van der Waals surface area contributed by atoms with Crippen LogP contribution in [-0.4, -0.2) is 16.5 Å². The Kier molecular flexibility index (Phi) is 4.26. The van der Waals surface area contributed by atoms with Crippen molar-refractivity contribution in [3.63, 3.8) is 0 Å². The standard InChI is InChI=1S/C9H8Cl2O2S/c1-14-9(13)8(12)6-3-2-5(10)4-7(6)11/h2-4,8,12H,1H3. The van der Waals surface area contributed by atoms with E-state index in [1.54, 1.807) is 18.4 Å². The van der Waals surface area contributed by atoms with Crippen molar-refractivity contribution < 1.29 is 9.90 Å². The first-order valence-corrected chi connectivity index (χ1v) is 5.75. The molecule has 1 N–H and O–H groups in total. The fourth-order valence-electron chi connectivity index (χ4n) is 0.962. The highest BCUT2D eigenvalue weighted by Crippen LogP contribution is 2.28. The zero-order valence-corrected chi connectivity index (χ0v) is 9.66. The minimum Gasteiger partial charge on any atom is -0.380 e. The van der Waals surface area contributed by atoms with Crippen LogP contribution in [0, 0.1) is 0 Å². The van der Waals surface area contributed by atoms with Crippen molar-refractivity contribution in [2.75, 3.05) is 6.26 Å². The minimum atomic E-state index is -1.19. The van der Waals surface area contributed by atoms with Crippen molar-refractivity contribution >= 4 is 40.1 Å². The molecule has 0 bridgehead atoms. The van der Waals surface area contributed by atoms with Crippen LogP contribution in [0.1, 0.15) is 11.7 Å². The molecule has 0 aliphatic heterocycles. The summed E-state index contributed by atoms with van der Waals surface area (Å²) in [6.45, 7) is 0. The molecule has 0 spiro atoms. The van der Waals surface area contributed by atoms with E-state index in [-0.39, 0.29) is 5.12 Å². The van der Waals surface area contributed by atoms with Crippen molar-refractivity contribution in [2.24, 2.45) is 0 Å². The van der Waals surface area contributed by atoms with E-state index in [4.69, 9.17) is 23.2 Å². The zero-order chi connectivity index (χ0) is 10.7. The van der Waals surface area contributed by atoms with E-state index in [2.05, 4.69) is 0 Å². The number of benzene rings is 1. The molecule has 0 aliphatic rings. The Morgan fingerprint density at radius 1 is 1.50 bits per heavy atom. The summed E-state index contributed by atoms with van der Waals surface area (Å²) in [4.78, 5) is 11.2. The van der Waals surface area contributed by atoms with Crippen molar-refractivity contribution in [3.05, 3.63) is 33.8 Å². The van der Waals surface area contributed by atoms with Gasteiger partial charge in [-0.15, -0.1) is 0 Å². The molecule has 2 nitrogen and oxygen atoms in total. The van der Waals surface area contributed by atoms with E-state index in [9.17, 15) is 9.90 Å². The van der Waals surface area contributed by atoms with Gasteiger partial charge in [0.1, 0.15) is 6.10 Å². The number of carbonyl (C=O) groups excluding carboxylic acids is 1. The van der Waals surface area contributed by atoms with Crippen LogP contribution in [0.4, 0.5) is 0 Å². The highest BCUT2D eigenvalue weighted by atomic mass is 35.5. The van der Waals surface area contributed by atoms with Crippen LogP contribution < -0.4 is 0 Å². The van der Waals surface area contributed by atoms with Gasteiger partial charge >= 0.3 is 0 Å². The average molecular weight is 251 g/mol.